The molecule has 0 aliphatic carbocycles. The number of halogens is 2. The van der Waals surface area contributed by atoms with Gasteiger partial charge in [-0.2, -0.15) is 5.26 Å². The number of hydrogen-bond acceptors (Lipinski definition) is 8. The lowest BCUT2D eigenvalue weighted by molar-refractivity contribution is -0.119. The predicted molar refractivity (Wildman–Crippen MR) is 158 cm³/mol. The minimum Gasteiger partial charge on any atom is -0.385 e. The van der Waals surface area contributed by atoms with Gasteiger partial charge >= 0.3 is 0 Å². The molecule has 1 amide bonds. The molecule has 0 bridgehead atoms. The van der Waals surface area contributed by atoms with Gasteiger partial charge in [0, 0.05) is 36.8 Å². The second-order valence-corrected chi connectivity index (χ2v) is 12.8. The second kappa shape index (κ2) is 18.0. The van der Waals surface area contributed by atoms with Crippen molar-refractivity contribution in [1.29, 1.82) is 5.26 Å². The van der Waals surface area contributed by atoms with Crippen LogP contribution in [0.5, 0.6) is 0 Å². The number of amides is 1. The fourth-order valence-corrected chi connectivity index (χ4v) is 6.04. The number of ether oxygens (including phenoxy) is 1. The zero-order chi connectivity index (χ0) is 30.3. The first kappa shape index (κ1) is 34.5. The summed E-state index contributed by atoms with van der Waals surface area (Å²) < 4.78 is 61.2. The Balaban J connectivity index is 2.05. The number of methoxy groups -OCH3 is 1. The Morgan fingerprint density at radius 1 is 1.07 bits per heavy atom. The molecule has 41 heavy (non-hydrogen) atoms. The van der Waals surface area contributed by atoms with Crippen LogP contribution >= 0.6 is 11.8 Å². The van der Waals surface area contributed by atoms with Crippen molar-refractivity contribution in [1.82, 2.24) is 9.62 Å². The van der Waals surface area contributed by atoms with Gasteiger partial charge in [0.1, 0.15) is 17.7 Å². The van der Waals surface area contributed by atoms with Crippen LogP contribution in [0, 0.1) is 23.0 Å². The third kappa shape index (κ3) is 12.8. The van der Waals surface area contributed by atoms with E-state index in [1.54, 1.807) is 19.2 Å². The van der Waals surface area contributed by atoms with Crippen molar-refractivity contribution >= 4 is 33.4 Å². The first-order valence-corrected chi connectivity index (χ1v) is 16.1. The number of sulfonamides is 1. The molecule has 0 aliphatic rings. The molecule has 2 N–H and O–H groups in total. The Bertz CT molecular complexity index is 1250. The number of benzene rings is 2. The smallest absolute Gasteiger partial charge is 0.264 e. The van der Waals surface area contributed by atoms with Gasteiger partial charge in [-0.25, -0.2) is 21.9 Å². The van der Waals surface area contributed by atoms with E-state index in [0.717, 1.165) is 55.7 Å². The maximum Gasteiger partial charge on any atom is 0.264 e. The monoisotopic (exact) mass is 610 g/mol. The zero-order valence-electron chi connectivity index (χ0n) is 23.9. The summed E-state index contributed by atoms with van der Waals surface area (Å²) in [6.07, 6.45) is 5.94. The number of anilines is 1. The number of unbranched alkanes of at least 4 members (excludes halogenated alkanes) is 5. The second-order valence-electron chi connectivity index (χ2n) is 10.0. The lowest BCUT2D eigenvalue weighted by Gasteiger charge is -2.23. The van der Waals surface area contributed by atoms with Crippen LogP contribution in [0.1, 0.15) is 56.9 Å². The number of carbonyl (C=O) groups excluding carboxylic acids is 1. The van der Waals surface area contributed by atoms with Crippen LogP contribution in [0.25, 0.3) is 0 Å². The molecule has 0 fully saturated rings. The van der Waals surface area contributed by atoms with Crippen LogP contribution in [0.15, 0.2) is 46.2 Å². The summed E-state index contributed by atoms with van der Waals surface area (Å²) in [6, 6.07) is 9.51. The van der Waals surface area contributed by atoms with E-state index in [4.69, 9.17) is 4.74 Å². The molecule has 0 aliphatic heterocycles. The number of nitriles is 1. The molecule has 1 atom stereocenters. The molecule has 226 valence electrons. The summed E-state index contributed by atoms with van der Waals surface area (Å²) in [6.45, 7) is 1.40. The van der Waals surface area contributed by atoms with Gasteiger partial charge in [-0.3, -0.25) is 4.79 Å². The van der Waals surface area contributed by atoms with Crippen molar-refractivity contribution in [2.75, 3.05) is 45.4 Å². The number of hydrogen-bond donors (Lipinski definition) is 2. The summed E-state index contributed by atoms with van der Waals surface area (Å²) in [7, 11) is 1.11. The lowest BCUT2D eigenvalue weighted by atomic mass is 10.1. The van der Waals surface area contributed by atoms with Gasteiger partial charge in [-0.05, 0) is 76.3 Å². The van der Waals surface area contributed by atoms with E-state index in [1.165, 1.54) is 23.9 Å². The predicted octanol–water partition coefficient (Wildman–Crippen LogP) is 5.54. The SMILES string of the molecule is COCCCCCCCCC(=O)NS(=O)(=O)c1cc(F)c(N[C@H](CCN(C)C)CSc2ccc(F)cc2)c(C#N)c1. The van der Waals surface area contributed by atoms with Crippen molar-refractivity contribution in [3.63, 3.8) is 0 Å². The number of nitrogens with one attached hydrogen (secondary N) is 2. The van der Waals surface area contributed by atoms with Gasteiger partial charge in [-0.15, -0.1) is 11.8 Å². The van der Waals surface area contributed by atoms with E-state index in [1.807, 2.05) is 29.8 Å². The molecule has 0 spiro atoms. The fraction of sp³-hybridized carbons (Fsp3) is 0.517. The third-order valence-electron chi connectivity index (χ3n) is 6.28. The van der Waals surface area contributed by atoms with Crippen LogP contribution in [0.2, 0.25) is 0 Å². The fourth-order valence-electron chi connectivity index (χ4n) is 4.01. The third-order valence-corrected chi connectivity index (χ3v) is 8.81. The van der Waals surface area contributed by atoms with Gasteiger partial charge in [0.25, 0.3) is 10.0 Å². The van der Waals surface area contributed by atoms with Gasteiger partial charge in [0.15, 0.2) is 0 Å². The number of nitrogens with zero attached hydrogens (tertiary/aromatic N) is 2. The van der Waals surface area contributed by atoms with Crippen molar-refractivity contribution in [3.05, 3.63) is 53.6 Å². The van der Waals surface area contributed by atoms with Crippen LogP contribution in [-0.2, 0) is 19.6 Å². The van der Waals surface area contributed by atoms with Crippen molar-refractivity contribution < 1.29 is 26.7 Å². The molecule has 0 radical (unpaired) electrons. The quantitative estimate of drug-likeness (QED) is 0.158. The van der Waals surface area contributed by atoms with Crippen LogP contribution in [-0.4, -0.2) is 65.4 Å². The van der Waals surface area contributed by atoms with Gasteiger partial charge in [-0.1, -0.05) is 25.7 Å². The summed E-state index contributed by atoms with van der Waals surface area (Å²) in [5.41, 5.74) is -0.292. The van der Waals surface area contributed by atoms with E-state index < -0.39 is 26.6 Å². The molecule has 2 rings (SSSR count). The zero-order valence-corrected chi connectivity index (χ0v) is 25.6. The Labute approximate surface area is 246 Å². The maximum absolute atomic E-state index is 15.3. The van der Waals surface area contributed by atoms with E-state index >= 15 is 4.39 Å². The first-order chi connectivity index (χ1) is 19.6. The van der Waals surface area contributed by atoms with Crippen molar-refractivity contribution in [2.45, 2.75) is 67.2 Å². The molecule has 12 heteroatoms. The highest BCUT2D eigenvalue weighted by atomic mass is 32.2. The molecule has 0 unspecified atom stereocenters. The Morgan fingerprint density at radius 3 is 2.37 bits per heavy atom. The Morgan fingerprint density at radius 2 is 1.73 bits per heavy atom. The molecule has 0 aromatic heterocycles. The Kier molecular flexibility index (Phi) is 15.1. The topological polar surface area (TPSA) is 112 Å². The Hall–Kier alpha value is -2.72. The molecular formula is C29H40F2N4O4S2. The van der Waals surface area contributed by atoms with Gasteiger partial charge in [0.2, 0.25) is 5.91 Å². The van der Waals surface area contributed by atoms with E-state index in [-0.39, 0.29) is 29.5 Å². The summed E-state index contributed by atoms with van der Waals surface area (Å²) in [5.74, 6) is -1.43. The number of thioether (sulfide) groups is 1. The van der Waals surface area contributed by atoms with Crippen molar-refractivity contribution in [2.24, 2.45) is 0 Å². The molecule has 0 saturated heterocycles. The minimum atomic E-state index is -4.36. The molecule has 0 heterocycles. The highest BCUT2D eigenvalue weighted by Gasteiger charge is 2.23. The normalized spacial score (nSPS) is 12.2. The summed E-state index contributed by atoms with van der Waals surface area (Å²) >= 11 is 1.45. The molecule has 2 aromatic carbocycles. The van der Waals surface area contributed by atoms with Crippen LogP contribution < -0.4 is 10.0 Å². The molecule has 2 aromatic rings. The first-order valence-electron chi connectivity index (χ1n) is 13.6. The van der Waals surface area contributed by atoms with Gasteiger partial charge < -0.3 is 15.0 Å². The highest BCUT2D eigenvalue weighted by Crippen LogP contribution is 2.27. The highest BCUT2D eigenvalue weighted by molar-refractivity contribution is 7.99. The molecule has 8 nitrogen and oxygen atoms in total. The average Bonchev–Trinajstić information content (AvgIpc) is 2.92. The molecule has 0 saturated carbocycles. The maximum atomic E-state index is 15.3. The minimum absolute atomic E-state index is 0.0316. The van der Waals surface area contributed by atoms with E-state index in [2.05, 4.69) is 5.32 Å². The van der Waals surface area contributed by atoms with E-state index in [0.29, 0.717) is 25.1 Å². The lowest BCUT2D eigenvalue weighted by Crippen LogP contribution is -2.31. The largest absolute Gasteiger partial charge is 0.385 e. The summed E-state index contributed by atoms with van der Waals surface area (Å²) in [4.78, 5) is 14.6. The van der Waals surface area contributed by atoms with Gasteiger partial charge in [0.05, 0.1) is 16.1 Å². The molecular weight excluding hydrogens is 570 g/mol. The number of carbonyl (C=O) groups is 1. The van der Waals surface area contributed by atoms with Crippen LogP contribution in [0.4, 0.5) is 14.5 Å². The average molecular weight is 611 g/mol. The number of rotatable bonds is 19. The standard InChI is InChI=1S/C29H40F2N4O4S2/c1-35(2)16-15-24(21-40-25-13-11-23(30)12-14-25)33-29-22(20-32)18-26(19-27(29)31)41(37,38)34-28(36)10-8-6-4-5-7-9-17-39-3/h11-14,18-19,24,33H,4-10,15-17,21H2,1-3H3,(H,34,36)/t24-/m1/s1. The van der Waals surface area contributed by atoms with Crippen LogP contribution in [0.3, 0.4) is 0 Å². The summed E-state index contributed by atoms with van der Waals surface area (Å²) in [5, 5.41) is 12.8. The van der Waals surface area contributed by atoms with Crippen molar-refractivity contribution in [3.8, 4) is 6.07 Å². The van der Waals surface area contributed by atoms with E-state index in [9.17, 15) is 22.9 Å².